The first-order valence-corrected chi connectivity index (χ1v) is 19.8. The van der Waals surface area contributed by atoms with Crippen molar-refractivity contribution in [3.05, 3.63) is 0 Å². The Bertz CT molecular complexity index is 1580. The number of unbranched alkanes of at least 4 members (excludes halogenated alkanes) is 2. The fourth-order valence-corrected chi connectivity index (χ4v) is 5.53. The van der Waals surface area contributed by atoms with Gasteiger partial charge in [-0.15, -0.1) is 0 Å². The maximum Gasteiger partial charge on any atom is 0.322 e. The molecule has 8 atom stereocenters. The molecule has 0 heterocycles. The van der Waals surface area contributed by atoms with Crippen LogP contribution < -0.4 is 54.4 Å². The zero-order chi connectivity index (χ0) is 47.7. The summed E-state index contributed by atoms with van der Waals surface area (Å²) in [6.45, 7) is 3.83. The van der Waals surface area contributed by atoms with Crippen LogP contribution in [-0.4, -0.2) is 159 Å². The van der Waals surface area contributed by atoms with Gasteiger partial charge < -0.3 is 80.0 Å². The molecule has 0 spiro atoms. The zero-order valence-corrected chi connectivity index (χ0v) is 34.8. The van der Waals surface area contributed by atoms with E-state index in [2.05, 4.69) is 26.6 Å². The Labute approximate surface area is 356 Å². The molecule has 0 aliphatic heterocycles. The molecular weight excluding hydrogens is 828 g/mol. The second-order valence-corrected chi connectivity index (χ2v) is 14.6. The van der Waals surface area contributed by atoms with E-state index in [-0.39, 0.29) is 38.8 Å². The summed E-state index contributed by atoms with van der Waals surface area (Å²) in [6.07, 6.45) is -3.65. The van der Waals surface area contributed by atoms with Crippen LogP contribution in [0.3, 0.4) is 0 Å². The maximum atomic E-state index is 13.9. The van der Waals surface area contributed by atoms with Crippen LogP contribution in [0.1, 0.15) is 85.0 Å². The van der Waals surface area contributed by atoms with Crippen LogP contribution in [0.15, 0.2) is 0 Å². The molecule has 0 fully saturated rings. The van der Waals surface area contributed by atoms with Gasteiger partial charge in [0.25, 0.3) is 0 Å². The molecule has 0 aliphatic rings. The topological polar surface area (TPSA) is 451 Å². The smallest absolute Gasteiger partial charge is 0.322 e. The number of carboxylic acids is 4. The zero-order valence-electron chi connectivity index (χ0n) is 34.8. The van der Waals surface area contributed by atoms with Gasteiger partial charge in [-0.1, -0.05) is 13.8 Å². The normalized spacial score (nSPS) is 14.8. The van der Waals surface area contributed by atoms with E-state index in [4.69, 9.17) is 27.4 Å². The molecule has 0 aromatic heterocycles. The van der Waals surface area contributed by atoms with E-state index >= 15 is 0 Å². The Morgan fingerprint density at radius 2 is 0.887 bits per heavy atom. The molecule has 0 saturated heterocycles. The van der Waals surface area contributed by atoms with Crippen molar-refractivity contribution in [3.8, 4) is 0 Å². The van der Waals surface area contributed by atoms with Crippen LogP contribution in [0.5, 0.6) is 0 Å². The second kappa shape index (κ2) is 29.3. The second-order valence-electron chi connectivity index (χ2n) is 14.6. The summed E-state index contributed by atoms with van der Waals surface area (Å²) in [5, 5.41) is 62.6. The van der Waals surface area contributed by atoms with Gasteiger partial charge in [0.05, 0.1) is 25.0 Å². The summed E-state index contributed by atoms with van der Waals surface area (Å²) >= 11 is 0. The highest BCUT2D eigenvalue weighted by Crippen LogP contribution is 2.10. The van der Waals surface area contributed by atoms with Gasteiger partial charge in [0, 0.05) is 6.42 Å². The Balaban J connectivity index is 6.54. The van der Waals surface area contributed by atoms with Crippen LogP contribution in [0.4, 0.5) is 0 Å². The molecule has 8 unspecified atom stereocenters. The van der Waals surface area contributed by atoms with Crippen LogP contribution in [0, 0.1) is 5.92 Å². The number of hydrogen-bond acceptors (Lipinski definition) is 15. The van der Waals surface area contributed by atoms with E-state index in [0.29, 0.717) is 12.8 Å². The van der Waals surface area contributed by atoms with Crippen molar-refractivity contribution < 1.29 is 78.3 Å². The molecular formula is C36H62N10O16. The average Bonchev–Trinajstić information content (AvgIpc) is 3.17. The van der Waals surface area contributed by atoms with Crippen molar-refractivity contribution in [1.29, 1.82) is 0 Å². The fraction of sp³-hybridized carbons (Fsp3) is 0.694. The molecule has 0 aliphatic carbocycles. The number of hydrogen-bond donors (Lipinski definition) is 15. The molecule has 7 amide bonds. The van der Waals surface area contributed by atoms with Crippen molar-refractivity contribution >= 4 is 65.2 Å². The van der Waals surface area contributed by atoms with Crippen molar-refractivity contribution in [2.45, 2.75) is 133 Å². The lowest BCUT2D eigenvalue weighted by molar-refractivity contribution is -0.142. The monoisotopic (exact) mass is 890 g/mol. The largest absolute Gasteiger partial charge is 0.481 e. The van der Waals surface area contributed by atoms with Crippen LogP contribution in [0.25, 0.3) is 0 Å². The predicted molar refractivity (Wildman–Crippen MR) is 214 cm³/mol. The third-order valence-electron chi connectivity index (χ3n) is 8.91. The minimum Gasteiger partial charge on any atom is -0.481 e. The summed E-state index contributed by atoms with van der Waals surface area (Å²) in [6, 6.07) is -11.2. The minimum absolute atomic E-state index is 0.0390. The number of nitrogens with two attached hydrogens (primary N) is 3. The lowest BCUT2D eigenvalue weighted by atomic mass is 10.00. The molecule has 26 heteroatoms. The standard InChI is InChI=1S/C36H62N10O16/c1-17(2)28(36(62)46-29(18(3)47)35(61)40-16-27(54)55)45-33(59)21(9-5-7-13-38)42-31(57)20(8-4-6-12-37)41-32(58)22(10-11-24(48)49)43-34(60)23(15-26(52)53)44-30(56)19(39)14-25(50)51/h17-23,28-29,47H,4-16,37-39H2,1-3H3,(H,40,61)(H,41,58)(H,42,57)(H,43,60)(H,44,56)(H,45,59)(H,46,62)(H,48,49)(H,50,51)(H,52,53)(H,54,55). The first kappa shape index (κ1) is 56.0. The van der Waals surface area contributed by atoms with Gasteiger partial charge in [-0.3, -0.25) is 52.7 Å². The third-order valence-corrected chi connectivity index (χ3v) is 8.91. The molecule has 0 bridgehead atoms. The number of carboxylic acid groups (broad SMARTS) is 4. The van der Waals surface area contributed by atoms with Crippen molar-refractivity contribution in [2.75, 3.05) is 19.6 Å². The predicted octanol–water partition coefficient (Wildman–Crippen LogP) is -5.47. The highest BCUT2D eigenvalue weighted by Gasteiger charge is 2.36. The molecule has 352 valence electrons. The molecule has 62 heavy (non-hydrogen) atoms. The van der Waals surface area contributed by atoms with E-state index in [1.54, 1.807) is 13.8 Å². The molecule has 0 radical (unpaired) electrons. The number of nitrogens with one attached hydrogen (secondary N) is 7. The number of rotatable bonds is 32. The quantitative estimate of drug-likeness (QED) is 0.0280. The van der Waals surface area contributed by atoms with Crippen LogP contribution in [-0.2, 0) is 52.7 Å². The van der Waals surface area contributed by atoms with Gasteiger partial charge >= 0.3 is 23.9 Å². The van der Waals surface area contributed by atoms with Gasteiger partial charge in [0.2, 0.25) is 41.4 Å². The first-order valence-electron chi connectivity index (χ1n) is 19.8. The minimum atomic E-state index is -1.92. The average molecular weight is 891 g/mol. The first-order chi connectivity index (χ1) is 28.9. The van der Waals surface area contributed by atoms with Crippen LogP contribution in [0.2, 0.25) is 0 Å². The Kier molecular flexibility index (Phi) is 26.5. The molecule has 26 nitrogen and oxygen atoms in total. The van der Waals surface area contributed by atoms with Crippen molar-refractivity contribution in [2.24, 2.45) is 23.1 Å². The number of aliphatic carboxylic acids is 4. The lowest BCUT2D eigenvalue weighted by Gasteiger charge is -2.29. The lowest BCUT2D eigenvalue weighted by Crippen LogP contribution is -2.61. The van der Waals surface area contributed by atoms with E-state index in [0.717, 1.165) is 0 Å². The molecule has 0 aromatic carbocycles. The van der Waals surface area contributed by atoms with Gasteiger partial charge in [0.15, 0.2) is 0 Å². The maximum absolute atomic E-state index is 13.9. The fourth-order valence-electron chi connectivity index (χ4n) is 5.53. The molecule has 0 saturated carbocycles. The van der Waals surface area contributed by atoms with Crippen molar-refractivity contribution in [3.63, 3.8) is 0 Å². The molecule has 0 aromatic rings. The third kappa shape index (κ3) is 22.6. The summed E-state index contributed by atoms with van der Waals surface area (Å²) in [5.74, 6) is -13.9. The SMILES string of the molecule is CC(C)C(NC(=O)C(CCCCN)NC(=O)C(CCCCN)NC(=O)C(CCC(=O)O)NC(=O)C(CC(=O)O)NC(=O)C(N)CC(=O)O)C(=O)NC(C(=O)NCC(=O)O)C(C)O. The summed E-state index contributed by atoms with van der Waals surface area (Å²) < 4.78 is 0. The van der Waals surface area contributed by atoms with Gasteiger partial charge in [-0.05, 0) is 70.9 Å². The van der Waals surface area contributed by atoms with Gasteiger partial charge in [-0.2, -0.15) is 0 Å². The van der Waals surface area contributed by atoms with E-state index in [9.17, 15) is 68.1 Å². The number of carbonyl (C=O) groups excluding carboxylic acids is 7. The number of aliphatic hydroxyl groups excluding tert-OH is 1. The number of aliphatic hydroxyl groups is 1. The number of carbonyl (C=O) groups is 11. The van der Waals surface area contributed by atoms with Crippen LogP contribution >= 0.6 is 0 Å². The summed E-state index contributed by atoms with van der Waals surface area (Å²) in [7, 11) is 0. The molecule has 18 N–H and O–H groups in total. The Morgan fingerprint density at radius 1 is 0.468 bits per heavy atom. The molecule has 0 rings (SSSR count). The Hall–Kier alpha value is -5.99. The summed E-state index contributed by atoms with van der Waals surface area (Å²) in [4.78, 5) is 138. The van der Waals surface area contributed by atoms with E-state index in [1.165, 1.54) is 6.92 Å². The highest BCUT2D eigenvalue weighted by molar-refractivity contribution is 5.98. The van der Waals surface area contributed by atoms with E-state index < -0.39 is 152 Å². The Morgan fingerprint density at radius 3 is 1.29 bits per heavy atom. The van der Waals surface area contributed by atoms with Gasteiger partial charge in [-0.25, -0.2) is 0 Å². The highest BCUT2D eigenvalue weighted by atomic mass is 16.4. The summed E-state index contributed by atoms with van der Waals surface area (Å²) in [5.41, 5.74) is 16.8. The van der Waals surface area contributed by atoms with E-state index in [1.807, 2.05) is 10.6 Å². The van der Waals surface area contributed by atoms with Crippen molar-refractivity contribution in [1.82, 2.24) is 37.2 Å². The van der Waals surface area contributed by atoms with Gasteiger partial charge in [0.1, 0.15) is 42.8 Å². The number of amides is 7.